The lowest BCUT2D eigenvalue weighted by atomic mass is 10.00. The Bertz CT molecular complexity index is 362. The van der Waals surface area contributed by atoms with Gasteiger partial charge in [0.2, 0.25) is 0 Å². The number of hydrogen-bond donors (Lipinski definition) is 1. The predicted octanol–water partition coefficient (Wildman–Crippen LogP) is 5.09. The van der Waals surface area contributed by atoms with Crippen molar-refractivity contribution in [1.29, 1.82) is 0 Å². The average molecular weight is 277 g/mol. The first-order chi connectivity index (χ1) is 9.67. The number of hydrogen-bond acceptors (Lipinski definition) is 2. The second-order valence-corrected chi connectivity index (χ2v) is 5.74. The molecule has 0 aliphatic rings. The molecule has 0 spiro atoms. The van der Waals surface area contributed by atoms with E-state index in [-0.39, 0.29) is 6.10 Å². The van der Waals surface area contributed by atoms with E-state index in [4.69, 9.17) is 4.74 Å². The summed E-state index contributed by atoms with van der Waals surface area (Å²) < 4.78 is 5.81. The van der Waals surface area contributed by atoms with Gasteiger partial charge in [-0.25, -0.2) is 0 Å². The van der Waals surface area contributed by atoms with Crippen LogP contribution in [0.25, 0.3) is 0 Å². The molecule has 1 aromatic carbocycles. The minimum Gasteiger partial charge on any atom is -0.491 e. The van der Waals surface area contributed by atoms with Crippen molar-refractivity contribution in [3.05, 3.63) is 29.8 Å². The van der Waals surface area contributed by atoms with E-state index in [0.717, 1.165) is 12.3 Å². The fourth-order valence-electron chi connectivity index (χ4n) is 2.38. The van der Waals surface area contributed by atoms with Crippen LogP contribution in [0.15, 0.2) is 24.3 Å². The lowest BCUT2D eigenvalue weighted by Gasteiger charge is -2.20. The zero-order valence-electron chi connectivity index (χ0n) is 13.6. The van der Waals surface area contributed by atoms with Crippen molar-refractivity contribution in [2.24, 2.45) is 0 Å². The Balaban J connectivity index is 2.71. The molecule has 1 N–H and O–H groups in total. The van der Waals surface area contributed by atoms with Gasteiger partial charge in [0.1, 0.15) is 5.75 Å². The molecule has 1 atom stereocenters. The van der Waals surface area contributed by atoms with Crippen molar-refractivity contribution in [2.45, 2.75) is 71.9 Å². The number of ether oxygens (including phenoxy) is 1. The molecule has 0 aromatic heterocycles. The summed E-state index contributed by atoms with van der Waals surface area (Å²) in [7, 11) is 0. The highest BCUT2D eigenvalue weighted by molar-refractivity contribution is 5.30. The maximum Gasteiger partial charge on any atom is 0.120 e. The molecule has 1 unspecified atom stereocenters. The predicted molar refractivity (Wildman–Crippen MR) is 87.4 cm³/mol. The second kappa shape index (κ2) is 9.82. The van der Waals surface area contributed by atoms with Gasteiger partial charge in [-0.2, -0.15) is 0 Å². The maximum absolute atomic E-state index is 5.81. The highest BCUT2D eigenvalue weighted by Gasteiger charge is 2.11. The standard InChI is InChI=1S/C18H31NO/c1-5-7-8-12-18(19-13-6-2)16-10-9-11-17(14-16)20-15(3)4/h9-11,14-15,18-19H,5-8,12-13H2,1-4H3. The third-order valence-electron chi connectivity index (χ3n) is 3.37. The van der Waals surface area contributed by atoms with E-state index in [1.165, 1.54) is 37.7 Å². The first kappa shape index (κ1) is 17.0. The van der Waals surface area contributed by atoms with Gasteiger partial charge in [-0.15, -0.1) is 0 Å². The van der Waals surface area contributed by atoms with E-state index in [9.17, 15) is 0 Å². The van der Waals surface area contributed by atoms with Gasteiger partial charge in [-0.1, -0.05) is 45.2 Å². The molecular weight excluding hydrogens is 246 g/mol. The third-order valence-corrected chi connectivity index (χ3v) is 3.37. The van der Waals surface area contributed by atoms with Crippen LogP contribution in [0.4, 0.5) is 0 Å². The van der Waals surface area contributed by atoms with Crippen LogP contribution in [-0.4, -0.2) is 12.6 Å². The third kappa shape index (κ3) is 6.42. The molecule has 1 aromatic rings. The van der Waals surface area contributed by atoms with Gasteiger partial charge in [-0.3, -0.25) is 0 Å². The largest absolute Gasteiger partial charge is 0.491 e. The summed E-state index contributed by atoms with van der Waals surface area (Å²) in [6, 6.07) is 9.02. The minimum absolute atomic E-state index is 0.229. The highest BCUT2D eigenvalue weighted by Crippen LogP contribution is 2.24. The molecule has 2 nitrogen and oxygen atoms in total. The molecule has 0 saturated heterocycles. The van der Waals surface area contributed by atoms with E-state index in [1.807, 2.05) is 6.07 Å². The first-order valence-corrected chi connectivity index (χ1v) is 8.17. The Morgan fingerprint density at radius 3 is 2.55 bits per heavy atom. The Morgan fingerprint density at radius 1 is 1.10 bits per heavy atom. The fourth-order valence-corrected chi connectivity index (χ4v) is 2.38. The summed E-state index contributed by atoms with van der Waals surface area (Å²) in [5.41, 5.74) is 1.35. The maximum atomic E-state index is 5.81. The molecule has 0 aliphatic heterocycles. The zero-order chi connectivity index (χ0) is 14.8. The van der Waals surface area contributed by atoms with Crippen molar-refractivity contribution >= 4 is 0 Å². The summed E-state index contributed by atoms with van der Waals surface area (Å²) in [5, 5.41) is 3.67. The SMILES string of the molecule is CCCCCC(NCCC)c1cccc(OC(C)C)c1. The normalized spacial score (nSPS) is 12.7. The van der Waals surface area contributed by atoms with E-state index in [1.54, 1.807) is 0 Å². The van der Waals surface area contributed by atoms with E-state index >= 15 is 0 Å². The summed E-state index contributed by atoms with van der Waals surface area (Å²) in [5.74, 6) is 0.983. The van der Waals surface area contributed by atoms with E-state index in [0.29, 0.717) is 6.04 Å². The summed E-state index contributed by atoms with van der Waals surface area (Å²) in [4.78, 5) is 0. The molecule has 1 rings (SSSR count). The lowest BCUT2D eigenvalue weighted by molar-refractivity contribution is 0.242. The van der Waals surface area contributed by atoms with Crippen LogP contribution in [0, 0.1) is 0 Å². The van der Waals surface area contributed by atoms with Gasteiger partial charge in [0.05, 0.1) is 6.10 Å². The van der Waals surface area contributed by atoms with Gasteiger partial charge >= 0.3 is 0 Å². The van der Waals surface area contributed by atoms with Crippen LogP contribution in [-0.2, 0) is 0 Å². The smallest absolute Gasteiger partial charge is 0.120 e. The van der Waals surface area contributed by atoms with Gasteiger partial charge in [0.25, 0.3) is 0 Å². The molecule has 0 amide bonds. The Hall–Kier alpha value is -1.02. The molecule has 114 valence electrons. The molecule has 0 bridgehead atoms. The molecule has 2 heteroatoms. The lowest BCUT2D eigenvalue weighted by Crippen LogP contribution is -2.22. The monoisotopic (exact) mass is 277 g/mol. The van der Waals surface area contributed by atoms with Crippen LogP contribution in [0.3, 0.4) is 0 Å². The number of nitrogens with one attached hydrogen (secondary N) is 1. The van der Waals surface area contributed by atoms with Crippen molar-refractivity contribution in [1.82, 2.24) is 5.32 Å². The minimum atomic E-state index is 0.229. The summed E-state index contributed by atoms with van der Waals surface area (Å²) >= 11 is 0. The van der Waals surface area contributed by atoms with Gasteiger partial charge in [0.15, 0.2) is 0 Å². The molecule has 0 radical (unpaired) electrons. The Kier molecular flexibility index (Phi) is 8.36. The van der Waals surface area contributed by atoms with Gasteiger partial charge in [-0.05, 0) is 50.9 Å². The molecule has 0 heterocycles. The van der Waals surface area contributed by atoms with Crippen LogP contribution < -0.4 is 10.1 Å². The van der Waals surface area contributed by atoms with Gasteiger partial charge in [0, 0.05) is 6.04 Å². The van der Waals surface area contributed by atoms with Crippen molar-refractivity contribution < 1.29 is 4.74 Å². The number of unbranched alkanes of at least 4 members (excludes halogenated alkanes) is 2. The Morgan fingerprint density at radius 2 is 1.90 bits per heavy atom. The summed E-state index contributed by atoms with van der Waals surface area (Å²) in [6.07, 6.45) is 6.48. The Labute approximate surface area is 124 Å². The average Bonchev–Trinajstić information content (AvgIpc) is 2.42. The van der Waals surface area contributed by atoms with Crippen molar-refractivity contribution in [3.63, 3.8) is 0 Å². The van der Waals surface area contributed by atoms with Crippen molar-refractivity contribution in [3.8, 4) is 5.75 Å². The van der Waals surface area contributed by atoms with E-state index in [2.05, 4.69) is 51.2 Å². The number of benzene rings is 1. The van der Waals surface area contributed by atoms with Crippen LogP contribution in [0.1, 0.15) is 71.4 Å². The zero-order valence-corrected chi connectivity index (χ0v) is 13.6. The fraction of sp³-hybridized carbons (Fsp3) is 0.667. The second-order valence-electron chi connectivity index (χ2n) is 5.74. The van der Waals surface area contributed by atoms with E-state index < -0.39 is 0 Å². The molecule has 20 heavy (non-hydrogen) atoms. The first-order valence-electron chi connectivity index (χ1n) is 8.17. The number of rotatable bonds is 10. The topological polar surface area (TPSA) is 21.3 Å². The van der Waals surface area contributed by atoms with Crippen LogP contribution >= 0.6 is 0 Å². The van der Waals surface area contributed by atoms with Crippen molar-refractivity contribution in [2.75, 3.05) is 6.54 Å². The summed E-state index contributed by atoms with van der Waals surface area (Å²) in [6.45, 7) is 9.69. The molecule has 0 aliphatic carbocycles. The molecule has 0 saturated carbocycles. The van der Waals surface area contributed by atoms with Crippen LogP contribution in [0.5, 0.6) is 5.75 Å². The quantitative estimate of drug-likeness (QED) is 0.601. The van der Waals surface area contributed by atoms with Crippen LogP contribution in [0.2, 0.25) is 0 Å². The highest BCUT2D eigenvalue weighted by atomic mass is 16.5. The van der Waals surface area contributed by atoms with Gasteiger partial charge < -0.3 is 10.1 Å². The molecule has 0 fully saturated rings. The molecular formula is C18H31NO.